The largest absolute Gasteiger partial charge is 0.496 e. The van der Waals surface area contributed by atoms with Crippen LogP contribution in [0.4, 0.5) is 4.39 Å². The van der Waals surface area contributed by atoms with Crippen LogP contribution in [0.5, 0.6) is 5.75 Å². The van der Waals surface area contributed by atoms with E-state index < -0.39 is 0 Å². The summed E-state index contributed by atoms with van der Waals surface area (Å²) in [6.45, 7) is 5.64. The lowest BCUT2D eigenvalue weighted by molar-refractivity contribution is 0.157. The Morgan fingerprint density at radius 3 is 2.74 bits per heavy atom. The number of hydrogen-bond acceptors (Lipinski definition) is 3. The van der Waals surface area contributed by atoms with E-state index in [2.05, 4.69) is 28.4 Å². The van der Waals surface area contributed by atoms with E-state index in [0.29, 0.717) is 6.42 Å². The lowest BCUT2D eigenvalue weighted by Crippen LogP contribution is -2.45. The maximum atomic E-state index is 12.9. The molecule has 106 valence electrons. The van der Waals surface area contributed by atoms with Crippen molar-refractivity contribution in [3.8, 4) is 5.75 Å². The number of alkyl halides is 1. The molecule has 0 spiro atoms. The first-order valence-electron chi connectivity index (χ1n) is 6.91. The number of rotatable bonds is 5. The molecule has 0 radical (unpaired) electrons. The van der Waals surface area contributed by atoms with Crippen molar-refractivity contribution in [2.24, 2.45) is 0 Å². The second-order valence-electron chi connectivity index (χ2n) is 5.01. The topological polar surface area (TPSA) is 24.5 Å². The lowest BCUT2D eigenvalue weighted by Gasteiger charge is -2.35. The molecule has 1 N–H and O–H groups in total. The molecule has 0 aromatic heterocycles. The number of nitrogens with zero attached hydrogens (tertiary/aromatic N) is 1. The van der Waals surface area contributed by atoms with Gasteiger partial charge in [0, 0.05) is 32.2 Å². The highest BCUT2D eigenvalue weighted by Crippen LogP contribution is 2.29. The molecule has 1 aliphatic rings. The highest BCUT2D eigenvalue weighted by molar-refractivity contribution is 5.38. The molecule has 2 rings (SSSR count). The number of halogens is 1. The molecule has 1 aliphatic heterocycles. The summed E-state index contributed by atoms with van der Waals surface area (Å²) in [4.78, 5) is 2.36. The second kappa shape index (κ2) is 6.87. The van der Waals surface area contributed by atoms with Crippen LogP contribution in [0.25, 0.3) is 0 Å². The molecule has 0 aliphatic carbocycles. The van der Waals surface area contributed by atoms with Crippen molar-refractivity contribution in [1.29, 1.82) is 0 Å². The fourth-order valence-electron chi connectivity index (χ4n) is 2.70. The van der Waals surface area contributed by atoms with Crippen molar-refractivity contribution in [3.63, 3.8) is 0 Å². The zero-order chi connectivity index (χ0) is 13.7. The Hall–Kier alpha value is -1.13. The summed E-state index contributed by atoms with van der Waals surface area (Å²) in [5.74, 6) is 0.886. The van der Waals surface area contributed by atoms with Gasteiger partial charge in [-0.3, -0.25) is 9.29 Å². The number of methoxy groups -OCH3 is 1. The van der Waals surface area contributed by atoms with Crippen molar-refractivity contribution in [2.75, 3.05) is 40.0 Å². The second-order valence-corrected chi connectivity index (χ2v) is 5.01. The van der Waals surface area contributed by atoms with Crippen molar-refractivity contribution in [1.82, 2.24) is 10.2 Å². The van der Waals surface area contributed by atoms with Crippen LogP contribution in [0, 0.1) is 6.92 Å². The minimum Gasteiger partial charge on any atom is -0.496 e. The zero-order valence-electron chi connectivity index (χ0n) is 11.8. The van der Waals surface area contributed by atoms with Crippen molar-refractivity contribution >= 4 is 0 Å². The summed E-state index contributed by atoms with van der Waals surface area (Å²) >= 11 is 0. The van der Waals surface area contributed by atoms with E-state index in [-0.39, 0.29) is 12.7 Å². The highest BCUT2D eigenvalue weighted by Gasteiger charge is 2.22. The van der Waals surface area contributed by atoms with Gasteiger partial charge in [0.1, 0.15) is 5.75 Å². The monoisotopic (exact) mass is 266 g/mol. The first-order chi connectivity index (χ1) is 9.26. The Balaban J connectivity index is 2.22. The van der Waals surface area contributed by atoms with Gasteiger partial charge in [-0.25, -0.2) is 0 Å². The SMILES string of the molecule is COc1cc([C@H](CCF)N2CCNCC2)ccc1C. The molecule has 1 fully saturated rings. The third-order valence-corrected chi connectivity index (χ3v) is 3.79. The first kappa shape index (κ1) is 14.3. The number of hydrogen-bond donors (Lipinski definition) is 1. The third kappa shape index (κ3) is 3.45. The van der Waals surface area contributed by atoms with Crippen molar-refractivity contribution < 1.29 is 9.13 Å². The molecule has 4 heteroatoms. The van der Waals surface area contributed by atoms with E-state index in [1.54, 1.807) is 7.11 Å². The molecular formula is C15H23FN2O. The predicted molar refractivity (Wildman–Crippen MR) is 75.5 cm³/mol. The molecule has 0 saturated carbocycles. The molecule has 1 saturated heterocycles. The number of benzene rings is 1. The Morgan fingerprint density at radius 1 is 1.37 bits per heavy atom. The fraction of sp³-hybridized carbons (Fsp3) is 0.600. The van der Waals surface area contributed by atoms with Gasteiger partial charge >= 0.3 is 0 Å². The molecule has 0 unspecified atom stereocenters. The standard InChI is InChI=1S/C15H23FN2O/c1-12-3-4-13(11-15(12)19-2)14(5-6-16)18-9-7-17-8-10-18/h3-4,11,14,17H,5-10H2,1-2H3/t14-/m0/s1. The predicted octanol–water partition coefficient (Wildman–Crippen LogP) is 2.31. The van der Waals surface area contributed by atoms with Gasteiger partial charge in [-0.2, -0.15) is 0 Å². The molecule has 19 heavy (non-hydrogen) atoms. The van der Waals surface area contributed by atoms with E-state index in [1.807, 2.05) is 6.92 Å². The van der Waals surface area contributed by atoms with Crippen LogP contribution in [0.15, 0.2) is 18.2 Å². The maximum Gasteiger partial charge on any atom is 0.122 e. The van der Waals surface area contributed by atoms with Crippen LogP contribution in [-0.2, 0) is 0 Å². The average Bonchev–Trinajstić information content (AvgIpc) is 2.46. The van der Waals surface area contributed by atoms with Gasteiger partial charge in [0.2, 0.25) is 0 Å². The highest BCUT2D eigenvalue weighted by atomic mass is 19.1. The van der Waals surface area contributed by atoms with Crippen molar-refractivity contribution in [2.45, 2.75) is 19.4 Å². The number of ether oxygens (including phenoxy) is 1. The van der Waals surface area contributed by atoms with E-state index in [1.165, 1.54) is 0 Å². The summed E-state index contributed by atoms with van der Waals surface area (Å²) in [7, 11) is 1.68. The van der Waals surface area contributed by atoms with Crippen LogP contribution in [0.2, 0.25) is 0 Å². The van der Waals surface area contributed by atoms with Gasteiger partial charge in [-0.15, -0.1) is 0 Å². The van der Waals surface area contributed by atoms with Crippen molar-refractivity contribution in [3.05, 3.63) is 29.3 Å². The smallest absolute Gasteiger partial charge is 0.122 e. The Labute approximate surface area is 114 Å². The van der Waals surface area contributed by atoms with Gasteiger partial charge in [0.05, 0.1) is 13.8 Å². The average molecular weight is 266 g/mol. The van der Waals surface area contributed by atoms with Gasteiger partial charge in [0.15, 0.2) is 0 Å². The summed E-state index contributed by atoms with van der Waals surface area (Å²) < 4.78 is 18.2. The third-order valence-electron chi connectivity index (χ3n) is 3.79. The normalized spacial score (nSPS) is 18.3. The maximum absolute atomic E-state index is 12.9. The summed E-state index contributed by atoms with van der Waals surface area (Å²) in [5.41, 5.74) is 2.27. The van der Waals surface area contributed by atoms with Gasteiger partial charge < -0.3 is 10.1 Å². The molecule has 1 atom stereocenters. The van der Waals surface area contributed by atoms with E-state index >= 15 is 0 Å². The van der Waals surface area contributed by atoms with E-state index in [0.717, 1.165) is 43.1 Å². The molecular weight excluding hydrogens is 243 g/mol. The van der Waals surface area contributed by atoms with Crippen LogP contribution in [-0.4, -0.2) is 44.9 Å². The summed E-state index contributed by atoms with van der Waals surface area (Å²) in [6, 6.07) is 6.36. The molecule has 1 aromatic rings. The fourth-order valence-corrected chi connectivity index (χ4v) is 2.70. The van der Waals surface area contributed by atoms with Gasteiger partial charge in [-0.05, 0) is 30.5 Å². The van der Waals surface area contributed by atoms with Crippen LogP contribution >= 0.6 is 0 Å². The number of piperazine rings is 1. The molecule has 1 heterocycles. The minimum absolute atomic E-state index is 0.154. The van der Waals surface area contributed by atoms with Crippen LogP contribution in [0.1, 0.15) is 23.6 Å². The van der Waals surface area contributed by atoms with E-state index in [9.17, 15) is 4.39 Å². The lowest BCUT2D eigenvalue weighted by atomic mass is 10.00. The zero-order valence-corrected chi connectivity index (χ0v) is 11.8. The Morgan fingerprint density at radius 2 is 2.11 bits per heavy atom. The molecule has 0 amide bonds. The molecule has 0 bridgehead atoms. The van der Waals surface area contributed by atoms with Gasteiger partial charge in [0.25, 0.3) is 0 Å². The van der Waals surface area contributed by atoms with Crippen LogP contribution < -0.4 is 10.1 Å². The Kier molecular flexibility index (Phi) is 5.16. The Bertz CT molecular complexity index is 405. The van der Waals surface area contributed by atoms with Gasteiger partial charge in [-0.1, -0.05) is 12.1 Å². The quantitative estimate of drug-likeness (QED) is 0.885. The number of aryl methyl sites for hydroxylation is 1. The minimum atomic E-state index is -0.287. The summed E-state index contributed by atoms with van der Waals surface area (Å²) in [5, 5.41) is 3.33. The van der Waals surface area contributed by atoms with E-state index in [4.69, 9.17) is 4.74 Å². The first-order valence-corrected chi connectivity index (χ1v) is 6.91. The van der Waals surface area contributed by atoms with Crippen LogP contribution in [0.3, 0.4) is 0 Å². The molecule has 1 aromatic carbocycles. The number of nitrogens with one attached hydrogen (secondary N) is 1. The summed E-state index contributed by atoms with van der Waals surface area (Å²) in [6.07, 6.45) is 0.548. The molecule has 3 nitrogen and oxygen atoms in total.